The second-order valence-electron chi connectivity index (χ2n) is 6.00. The molecule has 0 unspecified atom stereocenters. The smallest absolute Gasteiger partial charge is 0.254 e. The summed E-state index contributed by atoms with van der Waals surface area (Å²) < 4.78 is 31.9. The van der Waals surface area contributed by atoms with Gasteiger partial charge in [0.05, 0.1) is 11.5 Å². The summed E-state index contributed by atoms with van der Waals surface area (Å²) in [5, 5.41) is 0. The zero-order valence-corrected chi connectivity index (χ0v) is 16.2. The number of carbonyl (C=O) groups excluding carboxylic acids is 1. The van der Waals surface area contributed by atoms with Crippen molar-refractivity contribution >= 4 is 28.3 Å². The maximum absolute atomic E-state index is 12.7. The van der Waals surface area contributed by atoms with Crippen LogP contribution in [0.5, 0.6) is 0 Å². The highest BCUT2D eigenvalue weighted by atomic mass is 35.5. The van der Waals surface area contributed by atoms with Gasteiger partial charge in [0.1, 0.15) is 0 Å². The van der Waals surface area contributed by atoms with E-state index in [2.05, 4.69) is 4.72 Å². The van der Waals surface area contributed by atoms with E-state index >= 15 is 0 Å². The third kappa shape index (κ3) is 5.65. The first-order valence-corrected chi connectivity index (χ1v) is 9.47. The quantitative estimate of drug-likeness (QED) is 0.701. The summed E-state index contributed by atoms with van der Waals surface area (Å²) >= 11 is 0. The van der Waals surface area contributed by atoms with Crippen molar-refractivity contribution in [2.45, 2.75) is 30.7 Å². The van der Waals surface area contributed by atoms with Gasteiger partial charge < -0.3 is 15.4 Å². The van der Waals surface area contributed by atoms with Crippen molar-refractivity contribution in [2.75, 3.05) is 33.4 Å². The van der Waals surface area contributed by atoms with Crippen molar-refractivity contribution in [3.05, 3.63) is 29.3 Å². The van der Waals surface area contributed by atoms with Gasteiger partial charge in [0.25, 0.3) is 5.91 Å². The minimum atomic E-state index is -3.67. The number of likely N-dealkylation sites (tertiary alicyclic amines) is 1. The van der Waals surface area contributed by atoms with E-state index in [0.29, 0.717) is 18.7 Å². The zero-order valence-electron chi connectivity index (χ0n) is 14.5. The Bertz CT molecular complexity index is 689. The highest BCUT2D eigenvalue weighted by molar-refractivity contribution is 7.89. The molecule has 0 aromatic heterocycles. The number of benzene rings is 1. The monoisotopic (exact) mass is 391 g/mol. The average molecular weight is 392 g/mol. The molecule has 0 aliphatic carbocycles. The number of halogens is 1. The molecule has 1 aromatic carbocycles. The third-order valence-corrected chi connectivity index (χ3v) is 5.63. The molecule has 142 valence electrons. The van der Waals surface area contributed by atoms with Gasteiger partial charge in [-0.1, -0.05) is 6.07 Å². The van der Waals surface area contributed by atoms with E-state index in [9.17, 15) is 13.2 Å². The van der Waals surface area contributed by atoms with Crippen LogP contribution >= 0.6 is 12.4 Å². The molecule has 25 heavy (non-hydrogen) atoms. The summed E-state index contributed by atoms with van der Waals surface area (Å²) in [4.78, 5) is 14.5. The molecule has 1 heterocycles. The molecule has 7 nitrogen and oxygen atoms in total. The lowest BCUT2D eigenvalue weighted by Crippen LogP contribution is -2.43. The van der Waals surface area contributed by atoms with E-state index in [-0.39, 0.29) is 42.4 Å². The van der Waals surface area contributed by atoms with Crippen LogP contribution in [0.3, 0.4) is 0 Å². The van der Waals surface area contributed by atoms with Gasteiger partial charge in [0.15, 0.2) is 0 Å². The summed E-state index contributed by atoms with van der Waals surface area (Å²) in [5.41, 5.74) is 7.04. The zero-order chi connectivity index (χ0) is 17.7. The van der Waals surface area contributed by atoms with E-state index < -0.39 is 10.0 Å². The van der Waals surface area contributed by atoms with Gasteiger partial charge in [0.2, 0.25) is 10.0 Å². The number of methoxy groups -OCH3 is 1. The predicted molar refractivity (Wildman–Crippen MR) is 98.6 cm³/mol. The number of aryl methyl sites for hydroxylation is 1. The van der Waals surface area contributed by atoms with Crippen LogP contribution in [0.2, 0.25) is 0 Å². The van der Waals surface area contributed by atoms with Gasteiger partial charge in [-0.25, -0.2) is 13.1 Å². The van der Waals surface area contributed by atoms with Crippen LogP contribution in [0.1, 0.15) is 28.8 Å². The molecule has 2 rings (SSSR count). The minimum Gasteiger partial charge on any atom is -0.383 e. The van der Waals surface area contributed by atoms with Crippen LogP contribution in [-0.2, 0) is 14.8 Å². The Morgan fingerprint density at radius 1 is 1.36 bits per heavy atom. The molecular formula is C16H26ClN3O4S. The largest absolute Gasteiger partial charge is 0.383 e. The number of nitrogens with one attached hydrogen (secondary N) is 1. The van der Waals surface area contributed by atoms with Crippen molar-refractivity contribution in [1.29, 1.82) is 0 Å². The predicted octanol–water partition coefficient (Wildman–Crippen LogP) is 0.905. The molecule has 9 heteroatoms. The van der Waals surface area contributed by atoms with Gasteiger partial charge >= 0.3 is 0 Å². The molecule has 1 aliphatic heterocycles. The Hall–Kier alpha value is -1.19. The van der Waals surface area contributed by atoms with Crippen molar-refractivity contribution in [3.63, 3.8) is 0 Å². The lowest BCUT2D eigenvalue weighted by Gasteiger charge is -2.30. The van der Waals surface area contributed by atoms with Gasteiger partial charge in [-0.05, 0) is 37.5 Å². The molecule has 0 spiro atoms. The van der Waals surface area contributed by atoms with Gasteiger partial charge in [-0.3, -0.25) is 4.79 Å². The Balaban J connectivity index is 0.00000312. The first-order chi connectivity index (χ1) is 11.3. The van der Waals surface area contributed by atoms with Crippen LogP contribution in [0, 0.1) is 6.92 Å². The van der Waals surface area contributed by atoms with E-state index in [1.807, 2.05) is 0 Å². The third-order valence-electron chi connectivity index (χ3n) is 4.17. The topological polar surface area (TPSA) is 102 Å². The molecule has 0 atom stereocenters. The Kier molecular flexibility index (Phi) is 8.30. The fraction of sp³-hybridized carbons (Fsp3) is 0.562. The molecule has 1 aromatic rings. The molecule has 1 aliphatic rings. The normalized spacial score (nSPS) is 15.7. The number of carbonyl (C=O) groups is 1. The highest BCUT2D eigenvalue weighted by Gasteiger charge is 2.24. The first-order valence-electron chi connectivity index (χ1n) is 7.99. The number of ether oxygens (including phenoxy) is 1. The first kappa shape index (κ1) is 21.9. The molecule has 0 saturated carbocycles. The van der Waals surface area contributed by atoms with Crippen LogP contribution in [0.4, 0.5) is 0 Å². The van der Waals surface area contributed by atoms with Crippen molar-refractivity contribution in [2.24, 2.45) is 5.73 Å². The molecule has 0 bridgehead atoms. The maximum Gasteiger partial charge on any atom is 0.254 e. The Morgan fingerprint density at radius 2 is 2.00 bits per heavy atom. The lowest BCUT2D eigenvalue weighted by atomic mass is 10.0. The standard InChI is InChI=1S/C16H25N3O4S.ClH/c1-12-3-4-14(24(21,22)18-7-10-23-2)11-15(12)16(20)19-8-5-13(17)6-9-19;/h3-4,11,13,18H,5-10,17H2,1-2H3;1H. The number of rotatable bonds is 6. The Morgan fingerprint density at radius 3 is 2.60 bits per heavy atom. The van der Waals surface area contributed by atoms with Crippen LogP contribution in [0.25, 0.3) is 0 Å². The van der Waals surface area contributed by atoms with E-state index in [1.54, 1.807) is 17.9 Å². The van der Waals surface area contributed by atoms with Crippen molar-refractivity contribution in [1.82, 2.24) is 9.62 Å². The van der Waals surface area contributed by atoms with E-state index in [1.165, 1.54) is 19.2 Å². The van der Waals surface area contributed by atoms with Gasteiger partial charge in [0, 0.05) is 38.3 Å². The minimum absolute atomic E-state index is 0. The summed E-state index contributed by atoms with van der Waals surface area (Å²) in [6.45, 7) is 3.47. The number of piperidine rings is 1. The molecular weight excluding hydrogens is 366 g/mol. The Labute approximate surface area is 155 Å². The molecule has 1 saturated heterocycles. The fourth-order valence-corrected chi connectivity index (χ4v) is 3.67. The SMILES string of the molecule is COCCNS(=O)(=O)c1ccc(C)c(C(=O)N2CCC(N)CC2)c1.Cl. The number of nitrogens with zero attached hydrogens (tertiary/aromatic N) is 1. The summed E-state index contributed by atoms with van der Waals surface area (Å²) in [5.74, 6) is -0.145. The van der Waals surface area contributed by atoms with E-state index in [4.69, 9.17) is 10.5 Å². The number of hydrogen-bond donors (Lipinski definition) is 2. The van der Waals surface area contributed by atoms with Gasteiger partial charge in [-0.2, -0.15) is 0 Å². The van der Waals surface area contributed by atoms with Crippen LogP contribution in [-0.4, -0.2) is 58.6 Å². The van der Waals surface area contributed by atoms with Gasteiger partial charge in [-0.15, -0.1) is 12.4 Å². The van der Waals surface area contributed by atoms with Crippen LogP contribution < -0.4 is 10.5 Å². The number of hydrogen-bond acceptors (Lipinski definition) is 5. The molecule has 3 N–H and O–H groups in total. The summed E-state index contributed by atoms with van der Waals surface area (Å²) in [6.07, 6.45) is 1.53. The van der Waals surface area contributed by atoms with Crippen LogP contribution in [0.15, 0.2) is 23.1 Å². The second-order valence-corrected chi connectivity index (χ2v) is 7.76. The second kappa shape index (κ2) is 9.49. The number of amides is 1. The summed E-state index contributed by atoms with van der Waals surface area (Å²) in [6, 6.07) is 4.74. The van der Waals surface area contributed by atoms with E-state index in [0.717, 1.165) is 18.4 Å². The highest BCUT2D eigenvalue weighted by Crippen LogP contribution is 2.19. The number of nitrogens with two attached hydrogens (primary N) is 1. The maximum atomic E-state index is 12.7. The summed E-state index contributed by atoms with van der Waals surface area (Å²) in [7, 11) is -2.16. The molecule has 1 fully saturated rings. The van der Waals surface area contributed by atoms with Crippen molar-refractivity contribution in [3.8, 4) is 0 Å². The fourth-order valence-electron chi connectivity index (χ4n) is 2.63. The number of sulfonamides is 1. The van der Waals surface area contributed by atoms with Crippen molar-refractivity contribution < 1.29 is 17.9 Å². The molecule has 0 radical (unpaired) electrons. The average Bonchev–Trinajstić information content (AvgIpc) is 2.55. The molecule has 1 amide bonds. The lowest BCUT2D eigenvalue weighted by molar-refractivity contribution is 0.0713.